The van der Waals surface area contributed by atoms with Crippen LogP contribution in [0.4, 0.5) is 0 Å². The number of carbonyl (C=O) groups is 2. The Labute approximate surface area is 126 Å². The maximum atomic E-state index is 12.5. The first-order valence-corrected chi connectivity index (χ1v) is 7.41. The monoisotopic (exact) mass is 341 g/mol. The van der Waals surface area contributed by atoms with Crippen LogP contribution in [0, 0.1) is 0 Å². The molecule has 1 amide bonds. The van der Waals surface area contributed by atoms with Crippen molar-refractivity contribution >= 4 is 27.8 Å². The summed E-state index contributed by atoms with van der Waals surface area (Å²) in [7, 11) is 1.31. The van der Waals surface area contributed by atoms with Gasteiger partial charge in [0.2, 0.25) is 0 Å². The normalized spacial score (nSPS) is 18.7. The Morgan fingerprint density at radius 2 is 2.10 bits per heavy atom. The predicted octanol–water partition coefficient (Wildman–Crippen LogP) is 1.60. The molecule has 0 N–H and O–H groups in total. The molecule has 0 bridgehead atoms. The van der Waals surface area contributed by atoms with Gasteiger partial charge >= 0.3 is 5.97 Å². The first kappa shape index (κ1) is 15.0. The largest absolute Gasteiger partial charge is 0.467 e. The molecule has 1 saturated heterocycles. The Hall–Kier alpha value is -1.40. The molecule has 0 radical (unpaired) electrons. The van der Waals surface area contributed by atoms with Gasteiger partial charge in [0.25, 0.3) is 5.91 Å². The number of ether oxygens (including phenoxy) is 2. The third-order valence-corrected chi connectivity index (χ3v) is 3.87. The van der Waals surface area contributed by atoms with Crippen LogP contribution in [-0.4, -0.2) is 49.7 Å². The number of hydrogen-bond acceptors (Lipinski definition) is 4. The lowest BCUT2D eigenvalue weighted by Crippen LogP contribution is -2.53. The smallest absolute Gasteiger partial charge is 0.331 e. The third kappa shape index (κ3) is 3.19. The number of halogens is 1. The van der Waals surface area contributed by atoms with E-state index in [2.05, 4.69) is 15.9 Å². The number of amides is 1. The standard InChI is InChI=1S/C14H16BrNO4/c1-19-14(18)12-9-20-7-6-16(12)13(17)11-4-2-10(8-15)3-5-11/h2-5,12H,6-9H2,1H3. The molecule has 108 valence electrons. The van der Waals surface area contributed by atoms with Gasteiger partial charge < -0.3 is 14.4 Å². The lowest BCUT2D eigenvalue weighted by atomic mass is 10.1. The van der Waals surface area contributed by atoms with E-state index in [4.69, 9.17) is 9.47 Å². The Kier molecular flexibility index (Phi) is 5.14. The van der Waals surface area contributed by atoms with Crippen LogP contribution in [-0.2, 0) is 19.6 Å². The van der Waals surface area contributed by atoms with Gasteiger partial charge in [0, 0.05) is 17.4 Å². The molecule has 6 heteroatoms. The van der Waals surface area contributed by atoms with E-state index in [0.717, 1.165) is 10.9 Å². The molecule has 0 spiro atoms. The predicted molar refractivity (Wildman–Crippen MR) is 76.7 cm³/mol. The molecule has 0 aromatic heterocycles. The van der Waals surface area contributed by atoms with E-state index in [9.17, 15) is 9.59 Å². The van der Waals surface area contributed by atoms with E-state index in [1.54, 1.807) is 12.1 Å². The van der Waals surface area contributed by atoms with Crippen molar-refractivity contribution in [3.05, 3.63) is 35.4 Å². The highest BCUT2D eigenvalue weighted by atomic mass is 79.9. The minimum Gasteiger partial charge on any atom is -0.467 e. The summed E-state index contributed by atoms with van der Waals surface area (Å²) in [4.78, 5) is 25.7. The van der Waals surface area contributed by atoms with Crippen molar-refractivity contribution in [2.45, 2.75) is 11.4 Å². The average Bonchev–Trinajstić information content (AvgIpc) is 2.53. The Morgan fingerprint density at radius 3 is 2.70 bits per heavy atom. The molecule has 1 fully saturated rings. The van der Waals surface area contributed by atoms with Crippen LogP contribution in [0.15, 0.2) is 24.3 Å². The number of hydrogen-bond donors (Lipinski definition) is 0. The van der Waals surface area contributed by atoms with E-state index in [0.29, 0.717) is 18.7 Å². The van der Waals surface area contributed by atoms with Crippen molar-refractivity contribution in [2.75, 3.05) is 26.9 Å². The van der Waals surface area contributed by atoms with Crippen molar-refractivity contribution in [3.63, 3.8) is 0 Å². The second-order valence-electron chi connectivity index (χ2n) is 4.44. The van der Waals surface area contributed by atoms with Gasteiger partial charge in [-0.15, -0.1) is 0 Å². The lowest BCUT2D eigenvalue weighted by molar-refractivity contribution is -0.151. The number of carbonyl (C=O) groups excluding carboxylic acids is 2. The van der Waals surface area contributed by atoms with Crippen LogP contribution in [0.5, 0.6) is 0 Å². The van der Waals surface area contributed by atoms with Crippen molar-refractivity contribution < 1.29 is 19.1 Å². The molecule has 1 unspecified atom stereocenters. The van der Waals surface area contributed by atoms with Crippen molar-refractivity contribution in [1.29, 1.82) is 0 Å². The molecule has 2 rings (SSSR count). The van der Waals surface area contributed by atoms with Gasteiger partial charge in [0.05, 0.1) is 20.3 Å². The Morgan fingerprint density at radius 1 is 1.40 bits per heavy atom. The Bertz CT molecular complexity index is 488. The van der Waals surface area contributed by atoms with E-state index < -0.39 is 12.0 Å². The maximum Gasteiger partial charge on any atom is 0.331 e. The van der Waals surface area contributed by atoms with Crippen LogP contribution in [0.2, 0.25) is 0 Å². The van der Waals surface area contributed by atoms with Crippen molar-refractivity contribution in [2.24, 2.45) is 0 Å². The number of alkyl halides is 1. The minimum atomic E-state index is -0.669. The summed E-state index contributed by atoms with van der Waals surface area (Å²) in [6, 6.07) is 6.63. The van der Waals surface area contributed by atoms with Gasteiger partial charge in [-0.05, 0) is 17.7 Å². The fourth-order valence-corrected chi connectivity index (χ4v) is 2.45. The number of methoxy groups -OCH3 is 1. The summed E-state index contributed by atoms with van der Waals surface area (Å²) in [5.41, 5.74) is 1.65. The molecular formula is C14H16BrNO4. The molecule has 0 aliphatic carbocycles. The third-order valence-electron chi connectivity index (χ3n) is 3.22. The number of nitrogens with zero attached hydrogens (tertiary/aromatic N) is 1. The number of esters is 1. The van der Waals surface area contributed by atoms with Crippen LogP contribution in [0.3, 0.4) is 0 Å². The van der Waals surface area contributed by atoms with Crippen LogP contribution < -0.4 is 0 Å². The summed E-state index contributed by atoms with van der Waals surface area (Å²) >= 11 is 3.36. The molecule has 1 aliphatic rings. The maximum absolute atomic E-state index is 12.5. The zero-order chi connectivity index (χ0) is 14.5. The molecule has 1 aliphatic heterocycles. The fraction of sp³-hybridized carbons (Fsp3) is 0.429. The summed E-state index contributed by atoms with van der Waals surface area (Å²) in [5, 5.41) is 0.740. The summed E-state index contributed by atoms with van der Waals surface area (Å²) in [6.45, 7) is 0.995. The second-order valence-corrected chi connectivity index (χ2v) is 5.00. The highest BCUT2D eigenvalue weighted by Crippen LogP contribution is 2.15. The Balaban J connectivity index is 2.18. The zero-order valence-electron chi connectivity index (χ0n) is 11.2. The van der Waals surface area contributed by atoms with Gasteiger partial charge in [0.15, 0.2) is 6.04 Å². The summed E-state index contributed by atoms with van der Waals surface area (Å²) in [5.74, 6) is -0.625. The average molecular weight is 342 g/mol. The molecule has 5 nitrogen and oxygen atoms in total. The van der Waals surface area contributed by atoms with Crippen LogP contribution >= 0.6 is 15.9 Å². The fourth-order valence-electron chi connectivity index (χ4n) is 2.08. The quantitative estimate of drug-likeness (QED) is 0.619. The van der Waals surface area contributed by atoms with Gasteiger partial charge in [-0.2, -0.15) is 0 Å². The van der Waals surface area contributed by atoms with Crippen molar-refractivity contribution in [1.82, 2.24) is 4.90 Å². The van der Waals surface area contributed by atoms with E-state index in [1.165, 1.54) is 12.0 Å². The van der Waals surface area contributed by atoms with Gasteiger partial charge in [-0.25, -0.2) is 4.79 Å². The molecular weight excluding hydrogens is 326 g/mol. The topological polar surface area (TPSA) is 55.8 Å². The highest BCUT2D eigenvalue weighted by Gasteiger charge is 2.34. The van der Waals surface area contributed by atoms with Gasteiger partial charge in [-0.1, -0.05) is 28.1 Å². The summed E-state index contributed by atoms with van der Waals surface area (Å²) < 4.78 is 9.98. The summed E-state index contributed by atoms with van der Waals surface area (Å²) in [6.07, 6.45) is 0. The zero-order valence-corrected chi connectivity index (χ0v) is 12.8. The van der Waals surface area contributed by atoms with Crippen LogP contribution in [0.25, 0.3) is 0 Å². The SMILES string of the molecule is COC(=O)C1COCCN1C(=O)c1ccc(CBr)cc1. The molecule has 1 atom stereocenters. The van der Waals surface area contributed by atoms with E-state index >= 15 is 0 Å². The van der Waals surface area contributed by atoms with Gasteiger partial charge in [-0.3, -0.25) is 4.79 Å². The lowest BCUT2D eigenvalue weighted by Gasteiger charge is -2.33. The van der Waals surface area contributed by atoms with E-state index in [1.807, 2.05) is 12.1 Å². The van der Waals surface area contributed by atoms with E-state index in [-0.39, 0.29) is 12.5 Å². The molecule has 1 aromatic carbocycles. The number of morpholine rings is 1. The highest BCUT2D eigenvalue weighted by molar-refractivity contribution is 9.08. The van der Waals surface area contributed by atoms with Crippen molar-refractivity contribution in [3.8, 4) is 0 Å². The second kappa shape index (κ2) is 6.85. The first-order valence-electron chi connectivity index (χ1n) is 6.29. The molecule has 20 heavy (non-hydrogen) atoms. The number of benzene rings is 1. The number of rotatable bonds is 3. The first-order chi connectivity index (χ1) is 9.67. The van der Waals surface area contributed by atoms with Crippen LogP contribution in [0.1, 0.15) is 15.9 Å². The molecule has 1 aromatic rings. The van der Waals surface area contributed by atoms with Gasteiger partial charge in [0.1, 0.15) is 0 Å². The molecule has 1 heterocycles. The minimum absolute atomic E-state index is 0.176. The molecule has 0 saturated carbocycles.